The fourth-order valence-corrected chi connectivity index (χ4v) is 3.29. The number of aromatic hydroxyl groups is 1. The lowest BCUT2D eigenvalue weighted by molar-refractivity contribution is -0.139. The summed E-state index contributed by atoms with van der Waals surface area (Å²) in [5.74, 6) is -1.83. The summed E-state index contributed by atoms with van der Waals surface area (Å²) in [6.45, 7) is 0. The number of aliphatic carboxylic acids is 2. The van der Waals surface area contributed by atoms with Gasteiger partial charge in [-0.1, -0.05) is 30.3 Å². The first-order valence-electron chi connectivity index (χ1n) is 11.1. The number of fused-ring (bicyclic) bond motifs is 2. The minimum absolute atomic E-state index is 0.160. The van der Waals surface area contributed by atoms with Gasteiger partial charge in [0.05, 0.1) is 12.5 Å². The van der Waals surface area contributed by atoms with Gasteiger partial charge in [-0.25, -0.2) is 15.0 Å². The summed E-state index contributed by atoms with van der Waals surface area (Å²) >= 11 is 0. The number of aromatic amines is 2. The van der Waals surface area contributed by atoms with Gasteiger partial charge in [-0.15, -0.1) is 0 Å². The van der Waals surface area contributed by atoms with Crippen molar-refractivity contribution in [2.45, 2.75) is 24.9 Å². The second kappa shape index (κ2) is 12.8. The summed E-state index contributed by atoms with van der Waals surface area (Å²) < 4.78 is 0. The van der Waals surface area contributed by atoms with Gasteiger partial charge in [0.1, 0.15) is 29.7 Å². The summed E-state index contributed by atoms with van der Waals surface area (Å²) in [7, 11) is 0. The monoisotopic (exact) mass is 505 g/mol. The molecule has 0 aliphatic heterocycles. The van der Waals surface area contributed by atoms with Gasteiger partial charge in [-0.2, -0.15) is 0 Å². The second-order valence-electron chi connectivity index (χ2n) is 7.99. The Morgan fingerprint density at radius 1 is 0.865 bits per heavy atom. The van der Waals surface area contributed by atoms with E-state index in [1.807, 2.05) is 30.5 Å². The molecule has 5 aromatic rings. The van der Waals surface area contributed by atoms with E-state index in [1.54, 1.807) is 24.7 Å². The molecular formula is C25H27N7O5. The van der Waals surface area contributed by atoms with Gasteiger partial charge in [-0.05, 0) is 35.7 Å². The summed E-state index contributed by atoms with van der Waals surface area (Å²) in [6, 6.07) is 12.3. The number of carboxylic acid groups (broad SMARTS) is 2. The molecule has 12 nitrogen and oxygen atoms in total. The number of phenolic OH excluding ortho intramolecular Hbond substituents is 1. The third-order valence-electron chi connectivity index (χ3n) is 5.24. The number of H-pyrrole nitrogens is 2. The van der Waals surface area contributed by atoms with Crippen molar-refractivity contribution < 1.29 is 24.9 Å². The number of para-hydroxylation sites is 1. The number of phenols is 1. The van der Waals surface area contributed by atoms with Crippen LogP contribution in [0.4, 0.5) is 0 Å². The fourth-order valence-electron chi connectivity index (χ4n) is 3.29. The van der Waals surface area contributed by atoms with Crippen molar-refractivity contribution in [1.29, 1.82) is 0 Å². The zero-order valence-corrected chi connectivity index (χ0v) is 19.7. The van der Waals surface area contributed by atoms with E-state index in [4.69, 9.17) is 26.8 Å². The molecule has 0 fully saturated rings. The van der Waals surface area contributed by atoms with E-state index in [2.05, 4.69) is 24.9 Å². The van der Waals surface area contributed by atoms with Gasteiger partial charge in [0.2, 0.25) is 0 Å². The van der Waals surface area contributed by atoms with Crippen LogP contribution in [0.5, 0.6) is 5.75 Å². The van der Waals surface area contributed by atoms with Gasteiger partial charge < -0.3 is 36.8 Å². The Morgan fingerprint density at radius 3 is 2.22 bits per heavy atom. The summed E-state index contributed by atoms with van der Waals surface area (Å²) in [6.07, 6.45) is 7.19. The molecule has 0 spiro atoms. The number of imidazole rings is 1. The zero-order chi connectivity index (χ0) is 26.8. The molecule has 0 bridgehead atoms. The number of carbonyl (C=O) groups is 2. The normalized spacial score (nSPS) is 12.1. The lowest BCUT2D eigenvalue weighted by atomic mass is 10.1. The van der Waals surface area contributed by atoms with Crippen LogP contribution in [-0.2, 0) is 22.4 Å². The van der Waals surface area contributed by atoms with Gasteiger partial charge in [-0.3, -0.25) is 9.59 Å². The highest BCUT2D eigenvalue weighted by Gasteiger charge is 2.14. The van der Waals surface area contributed by atoms with Crippen molar-refractivity contribution in [1.82, 2.24) is 24.9 Å². The molecule has 2 aromatic carbocycles. The van der Waals surface area contributed by atoms with Crippen LogP contribution in [0.1, 0.15) is 11.1 Å². The van der Waals surface area contributed by atoms with E-state index in [0.29, 0.717) is 12.1 Å². The van der Waals surface area contributed by atoms with Crippen LogP contribution in [0.3, 0.4) is 0 Å². The molecule has 12 heteroatoms. The maximum Gasteiger partial charge on any atom is 0.320 e. The second-order valence-corrected chi connectivity index (χ2v) is 7.99. The maximum atomic E-state index is 10.6. The average Bonchev–Trinajstić information content (AvgIpc) is 3.53. The van der Waals surface area contributed by atoms with Crippen molar-refractivity contribution in [3.8, 4) is 5.75 Å². The van der Waals surface area contributed by atoms with Crippen LogP contribution in [0.25, 0.3) is 22.1 Å². The molecular weight excluding hydrogens is 478 g/mol. The average molecular weight is 506 g/mol. The van der Waals surface area contributed by atoms with Crippen LogP contribution in [0.15, 0.2) is 73.6 Å². The lowest BCUT2D eigenvalue weighted by Crippen LogP contribution is -2.32. The molecule has 3 heterocycles. The SMILES string of the molecule is NC(Cc1c[nH]c2ccccc12)C(=O)O.NC(Cc1ccc(O)cc1)C(=O)O.c1ncc2[nH]cnc2n1. The molecule has 0 radical (unpaired) electrons. The molecule has 9 N–H and O–H groups in total. The Hall–Kier alpha value is -4.81. The maximum absolute atomic E-state index is 10.6. The molecule has 5 rings (SSSR count). The Morgan fingerprint density at radius 2 is 1.54 bits per heavy atom. The minimum Gasteiger partial charge on any atom is -0.508 e. The predicted octanol–water partition coefficient (Wildman–Crippen LogP) is 1.82. The first-order valence-corrected chi connectivity index (χ1v) is 11.1. The first-order chi connectivity index (χ1) is 17.7. The van der Waals surface area contributed by atoms with Crippen molar-refractivity contribution in [2.75, 3.05) is 0 Å². The minimum atomic E-state index is -1.02. The van der Waals surface area contributed by atoms with Crippen LogP contribution in [0.2, 0.25) is 0 Å². The third kappa shape index (κ3) is 7.85. The molecule has 37 heavy (non-hydrogen) atoms. The highest BCUT2D eigenvalue weighted by atomic mass is 16.4. The number of hydrogen-bond donors (Lipinski definition) is 7. The highest BCUT2D eigenvalue weighted by molar-refractivity contribution is 5.84. The molecule has 2 atom stereocenters. The van der Waals surface area contributed by atoms with Gasteiger partial charge in [0.25, 0.3) is 0 Å². The number of nitrogens with one attached hydrogen (secondary N) is 2. The van der Waals surface area contributed by atoms with E-state index >= 15 is 0 Å². The number of carboxylic acids is 2. The Labute approximate surface area is 211 Å². The molecule has 0 saturated carbocycles. The van der Waals surface area contributed by atoms with E-state index in [0.717, 1.165) is 27.5 Å². The fraction of sp³-hybridized carbons (Fsp3) is 0.160. The molecule has 3 aromatic heterocycles. The van der Waals surface area contributed by atoms with E-state index in [1.165, 1.54) is 18.5 Å². The molecule has 0 aliphatic carbocycles. The zero-order valence-electron chi connectivity index (χ0n) is 19.7. The molecule has 192 valence electrons. The molecule has 0 aliphatic rings. The third-order valence-corrected chi connectivity index (χ3v) is 5.24. The highest BCUT2D eigenvalue weighted by Crippen LogP contribution is 2.18. The Bertz CT molecular complexity index is 1420. The van der Waals surface area contributed by atoms with Crippen LogP contribution >= 0.6 is 0 Å². The van der Waals surface area contributed by atoms with E-state index < -0.39 is 24.0 Å². The van der Waals surface area contributed by atoms with E-state index in [9.17, 15) is 9.59 Å². The van der Waals surface area contributed by atoms with Crippen LogP contribution < -0.4 is 11.5 Å². The topological polar surface area (TPSA) is 217 Å². The first kappa shape index (κ1) is 26.8. The van der Waals surface area contributed by atoms with Crippen molar-refractivity contribution in [3.05, 3.63) is 84.7 Å². The summed E-state index contributed by atoms with van der Waals surface area (Å²) in [5, 5.41) is 27.2. The summed E-state index contributed by atoms with van der Waals surface area (Å²) in [5.41, 5.74) is 15.1. The molecule has 2 unspecified atom stereocenters. The predicted molar refractivity (Wildman–Crippen MR) is 137 cm³/mol. The smallest absolute Gasteiger partial charge is 0.320 e. The largest absolute Gasteiger partial charge is 0.508 e. The number of nitrogens with zero attached hydrogens (tertiary/aromatic N) is 3. The number of rotatable bonds is 6. The Balaban J connectivity index is 0.000000159. The number of benzene rings is 2. The summed E-state index contributed by atoms with van der Waals surface area (Å²) in [4.78, 5) is 38.6. The Kier molecular flexibility index (Phi) is 9.24. The van der Waals surface area contributed by atoms with Gasteiger partial charge in [0.15, 0.2) is 5.65 Å². The van der Waals surface area contributed by atoms with Crippen molar-refractivity contribution in [2.24, 2.45) is 11.5 Å². The van der Waals surface area contributed by atoms with Crippen LogP contribution in [-0.4, -0.2) is 64.3 Å². The van der Waals surface area contributed by atoms with Gasteiger partial charge >= 0.3 is 11.9 Å². The lowest BCUT2D eigenvalue weighted by Gasteiger charge is -2.05. The molecule has 0 amide bonds. The van der Waals surface area contributed by atoms with Gasteiger partial charge in [0, 0.05) is 23.5 Å². The molecule has 0 saturated heterocycles. The quantitative estimate of drug-likeness (QED) is 0.177. The number of aromatic nitrogens is 5. The van der Waals surface area contributed by atoms with E-state index in [-0.39, 0.29) is 12.2 Å². The van der Waals surface area contributed by atoms with Crippen molar-refractivity contribution in [3.63, 3.8) is 0 Å². The van der Waals surface area contributed by atoms with Crippen molar-refractivity contribution >= 4 is 34.0 Å². The van der Waals surface area contributed by atoms with Crippen LogP contribution in [0, 0.1) is 0 Å². The number of nitrogens with two attached hydrogens (primary N) is 2. The number of hydrogen-bond acceptors (Lipinski definition) is 8. The standard InChI is InChI=1S/C11H12N2O2.C9H11NO3.C5H4N4/c12-9(11(14)15)5-7-6-13-10-4-2-1-3-8(7)10;10-8(9(12)13)5-6-1-3-7(11)4-2-6;1-4-5(8-2-6-1)9-3-7-4/h1-4,6,9,13H,5,12H2,(H,14,15);1-4,8,11H,5,10H2,(H,12,13);1-3H,(H,6,7,8,9).